The number of oxazole rings is 1. The molecule has 7 nitrogen and oxygen atoms in total. The van der Waals surface area contributed by atoms with E-state index in [4.69, 9.17) is 9.15 Å². The first kappa shape index (κ1) is 21.2. The Kier molecular flexibility index (Phi) is 6.42. The molecule has 164 valence electrons. The number of hydrogen-bond acceptors (Lipinski definition) is 6. The number of para-hydroxylation sites is 2. The molecule has 1 atom stereocenters. The highest BCUT2D eigenvalue weighted by Gasteiger charge is 2.28. The van der Waals surface area contributed by atoms with Gasteiger partial charge in [0.05, 0.1) is 13.2 Å². The number of aromatic nitrogens is 1. The summed E-state index contributed by atoms with van der Waals surface area (Å²) in [5, 5.41) is 3.17. The Morgan fingerprint density at radius 2 is 2.00 bits per heavy atom. The summed E-state index contributed by atoms with van der Waals surface area (Å²) < 4.78 is 11.2. The molecule has 1 amide bonds. The molecule has 1 saturated heterocycles. The van der Waals surface area contributed by atoms with Crippen LogP contribution < -0.4 is 15.0 Å². The molecule has 1 aliphatic heterocycles. The second-order valence-electron chi connectivity index (χ2n) is 8.23. The van der Waals surface area contributed by atoms with Gasteiger partial charge in [-0.25, -0.2) is 0 Å². The fourth-order valence-electron chi connectivity index (χ4n) is 4.12. The summed E-state index contributed by atoms with van der Waals surface area (Å²) >= 11 is 0. The number of nitrogens with one attached hydrogen (secondary N) is 1. The monoisotopic (exact) mass is 422 g/mol. The molecule has 2 heterocycles. The summed E-state index contributed by atoms with van der Waals surface area (Å²) in [5.41, 5.74) is 2.78. The van der Waals surface area contributed by atoms with Crippen molar-refractivity contribution in [3.05, 3.63) is 54.1 Å². The van der Waals surface area contributed by atoms with E-state index in [-0.39, 0.29) is 17.9 Å². The van der Waals surface area contributed by atoms with Crippen LogP contribution in [0.1, 0.15) is 24.4 Å². The number of carbonyl (C=O) groups excluding carboxylic acids is 1. The number of amides is 1. The first-order valence-corrected chi connectivity index (χ1v) is 10.7. The minimum absolute atomic E-state index is 0.00810. The van der Waals surface area contributed by atoms with Crippen molar-refractivity contribution in [2.75, 3.05) is 45.7 Å². The number of carbonyl (C=O) groups is 1. The van der Waals surface area contributed by atoms with Gasteiger partial charge in [0, 0.05) is 25.6 Å². The Labute approximate surface area is 183 Å². The van der Waals surface area contributed by atoms with E-state index in [1.54, 1.807) is 7.11 Å². The minimum atomic E-state index is 0.00810. The first-order valence-electron chi connectivity index (χ1n) is 10.7. The highest BCUT2D eigenvalue weighted by molar-refractivity contribution is 5.79. The maximum atomic E-state index is 12.9. The Balaban J connectivity index is 1.32. The zero-order valence-corrected chi connectivity index (χ0v) is 18.4. The van der Waals surface area contributed by atoms with E-state index >= 15 is 0 Å². The fourth-order valence-corrected chi connectivity index (χ4v) is 4.12. The third kappa shape index (κ3) is 4.82. The third-order valence-electron chi connectivity index (χ3n) is 5.99. The van der Waals surface area contributed by atoms with E-state index in [0.717, 1.165) is 48.3 Å². The maximum Gasteiger partial charge on any atom is 0.298 e. The van der Waals surface area contributed by atoms with E-state index in [1.807, 2.05) is 56.6 Å². The number of benzene rings is 2. The molecule has 0 aliphatic carbocycles. The Hall–Kier alpha value is -3.06. The molecular formula is C24H30N4O3. The van der Waals surface area contributed by atoms with Gasteiger partial charge < -0.3 is 24.3 Å². The lowest BCUT2D eigenvalue weighted by atomic mass is 9.96. The molecule has 2 aromatic carbocycles. The van der Waals surface area contributed by atoms with Crippen LogP contribution >= 0.6 is 0 Å². The smallest absolute Gasteiger partial charge is 0.298 e. The van der Waals surface area contributed by atoms with E-state index in [0.29, 0.717) is 12.6 Å². The molecule has 1 aromatic heterocycles. The van der Waals surface area contributed by atoms with Crippen molar-refractivity contribution in [2.45, 2.75) is 18.9 Å². The first-order chi connectivity index (χ1) is 15.0. The number of anilines is 1. The number of rotatable bonds is 7. The van der Waals surface area contributed by atoms with Crippen molar-refractivity contribution in [1.82, 2.24) is 15.2 Å². The third-order valence-corrected chi connectivity index (χ3v) is 5.99. The average molecular weight is 423 g/mol. The van der Waals surface area contributed by atoms with Gasteiger partial charge in [0.15, 0.2) is 5.58 Å². The van der Waals surface area contributed by atoms with Crippen LogP contribution in [0.2, 0.25) is 0 Å². The quantitative estimate of drug-likeness (QED) is 0.629. The zero-order valence-electron chi connectivity index (χ0n) is 18.4. The Morgan fingerprint density at radius 3 is 2.71 bits per heavy atom. The Morgan fingerprint density at radius 1 is 1.23 bits per heavy atom. The molecule has 0 unspecified atom stereocenters. The average Bonchev–Trinajstić information content (AvgIpc) is 3.23. The predicted molar refractivity (Wildman–Crippen MR) is 121 cm³/mol. The van der Waals surface area contributed by atoms with Gasteiger partial charge in [0.25, 0.3) is 6.01 Å². The van der Waals surface area contributed by atoms with Crippen LogP contribution in [-0.4, -0.2) is 56.6 Å². The molecule has 0 bridgehead atoms. The molecule has 1 fully saturated rings. The lowest BCUT2D eigenvalue weighted by molar-refractivity contribution is -0.125. The number of likely N-dealkylation sites (N-methyl/N-ethyl adjacent to an activating group) is 1. The van der Waals surface area contributed by atoms with Crippen LogP contribution in [0.4, 0.5) is 6.01 Å². The van der Waals surface area contributed by atoms with Crippen LogP contribution in [-0.2, 0) is 4.79 Å². The maximum absolute atomic E-state index is 12.9. The lowest BCUT2D eigenvalue weighted by Gasteiger charge is -2.31. The molecule has 3 aromatic rings. The minimum Gasteiger partial charge on any atom is -0.497 e. The van der Waals surface area contributed by atoms with Gasteiger partial charge in [0.1, 0.15) is 11.3 Å². The molecule has 1 aliphatic rings. The summed E-state index contributed by atoms with van der Waals surface area (Å²) in [6.45, 7) is 2.08. The molecule has 1 N–H and O–H groups in total. The standard InChI is InChI=1S/C24H30N4O3/c1-27(2)21(18-7-6-8-19(15-18)30-3)16-25-23(29)17-11-13-28(14-12-17)24-26-20-9-4-5-10-22(20)31-24/h4-10,15,17,21H,11-14,16H2,1-3H3,(H,25,29)/t21-/m0/s1. The summed E-state index contributed by atoms with van der Waals surface area (Å²) in [5.74, 6) is 0.947. The molecule has 0 saturated carbocycles. The number of nitrogens with zero attached hydrogens (tertiary/aromatic N) is 3. The topological polar surface area (TPSA) is 70.8 Å². The van der Waals surface area contributed by atoms with Gasteiger partial charge in [-0.2, -0.15) is 4.98 Å². The number of methoxy groups -OCH3 is 1. The van der Waals surface area contributed by atoms with Gasteiger partial charge in [-0.1, -0.05) is 24.3 Å². The molecule has 4 rings (SSSR count). The SMILES string of the molecule is COc1cccc([C@H](CNC(=O)C2CCN(c3nc4ccccc4o3)CC2)N(C)C)c1. The van der Waals surface area contributed by atoms with Crippen LogP contribution in [0.5, 0.6) is 5.75 Å². The molecule has 0 spiro atoms. The summed E-state index contributed by atoms with van der Waals surface area (Å²) in [6.07, 6.45) is 1.58. The molecular weight excluding hydrogens is 392 g/mol. The van der Waals surface area contributed by atoms with Crippen molar-refractivity contribution >= 4 is 23.0 Å². The van der Waals surface area contributed by atoms with Crippen molar-refractivity contribution in [1.29, 1.82) is 0 Å². The molecule has 7 heteroatoms. The van der Waals surface area contributed by atoms with Crippen molar-refractivity contribution < 1.29 is 13.9 Å². The number of fused-ring (bicyclic) bond motifs is 1. The second-order valence-corrected chi connectivity index (χ2v) is 8.23. The van der Waals surface area contributed by atoms with Gasteiger partial charge in [0.2, 0.25) is 5.91 Å². The van der Waals surface area contributed by atoms with E-state index in [1.165, 1.54) is 0 Å². The van der Waals surface area contributed by atoms with Gasteiger partial charge in [-0.15, -0.1) is 0 Å². The number of hydrogen-bond donors (Lipinski definition) is 1. The van der Waals surface area contributed by atoms with Gasteiger partial charge in [-0.05, 0) is 56.8 Å². The van der Waals surface area contributed by atoms with E-state index in [2.05, 4.69) is 26.2 Å². The lowest BCUT2D eigenvalue weighted by Crippen LogP contribution is -2.42. The normalized spacial score (nSPS) is 15.9. The summed E-state index contributed by atoms with van der Waals surface area (Å²) in [6, 6.07) is 16.5. The van der Waals surface area contributed by atoms with Crippen LogP contribution in [0.25, 0.3) is 11.1 Å². The van der Waals surface area contributed by atoms with E-state index in [9.17, 15) is 4.79 Å². The highest BCUT2D eigenvalue weighted by Crippen LogP contribution is 2.27. The molecule has 0 radical (unpaired) electrons. The summed E-state index contributed by atoms with van der Waals surface area (Å²) in [7, 11) is 5.71. The van der Waals surface area contributed by atoms with Crippen LogP contribution in [0.15, 0.2) is 52.9 Å². The van der Waals surface area contributed by atoms with Gasteiger partial charge in [-0.3, -0.25) is 4.79 Å². The fraction of sp³-hybridized carbons (Fsp3) is 0.417. The Bertz CT molecular complexity index is 991. The predicted octanol–water partition coefficient (Wildman–Crippen LogP) is 3.47. The zero-order chi connectivity index (χ0) is 21.8. The number of piperidine rings is 1. The second kappa shape index (κ2) is 9.39. The molecule has 31 heavy (non-hydrogen) atoms. The summed E-state index contributed by atoms with van der Waals surface area (Å²) in [4.78, 5) is 21.7. The largest absolute Gasteiger partial charge is 0.497 e. The van der Waals surface area contributed by atoms with E-state index < -0.39 is 0 Å². The van der Waals surface area contributed by atoms with Crippen molar-refractivity contribution in [3.63, 3.8) is 0 Å². The van der Waals surface area contributed by atoms with Crippen LogP contribution in [0, 0.1) is 5.92 Å². The van der Waals surface area contributed by atoms with Crippen LogP contribution in [0.3, 0.4) is 0 Å². The van der Waals surface area contributed by atoms with Gasteiger partial charge >= 0.3 is 0 Å². The number of ether oxygens (including phenoxy) is 1. The van der Waals surface area contributed by atoms with Crippen molar-refractivity contribution in [2.24, 2.45) is 5.92 Å². The van der Waals surface area contributed by atoms with Crippen molar-refractivity contribution in [3.8, 4) is 5.75 Å². The highest BCUT2D eigenvalue weighted by atomic mass is 16.5.